The summed E-state index contributed by atoms with van der Waals surface area (Å²) in [5, 5.41) is 2.14. The lowest BCUT2D eigenvalue weighted by atomic mass is 10.1. The molecule has 2 aromatic carbocycles. The van der Waals surface area contributed by atoms with Crippen LogP contribution in [0.5, 0.6) is 0 Å². The first-order chi connectivity index (χ1) is 14.2. The molecule has 6 nitrogen and oxygen atoms in total. The molecule has 3 aromatic heterocycles. The van der Waals surface area contributed by atoms with Gasteiger partial charge in [0.05, 0.1) is 11.4 Å². The Morgan fingerprint density at radius 1 is 1.03 bits per heavy atom. The van der Waals surface area contributed by atoms with E-state index in [2.05, 4.69) is 32.9 Å². The summed E-state index contributed by atoms with van der Waals surface area (Å²) in [5.41, 5.74) is 11.4. The number of nitrogens with two attached hydrogens (primary N) is 1. The zero-order chi connectivity index (χ0) is 20.0. The number of fused-ring (bicyclic) bond motifs is 2. The molecule has 0 amide bonds. The van der Waals surface area contributed by atoms with Crippen molar-refractivity contribution in [2.45, 2.75) is 19.9 Å². The number of nitrogens with one attached hydrogen (secondary N) is 2. The molecule has 0 unspecified atom stereocenters. The van der Waals surface area contributed by atoms with Gasteiger partial charge in [0.25, 0.3) is 0 Å². The van der Waals surface area contributed by atoms with Crippen LogP contribution in [0.25, 0.3) is 38.8 Å². The molecule has 5 aromatic rings. The van der Waals surface area contributed by atoms with Gasteiger partial charge >= 0.3 is 5.69 Å². The Balaban J connectivity index is 1.80. The molecule has 0 fully saturated rings. The summed E-state index contributed by atoms with van der Waals surface area (Å²) in [4.78, 5) is 19.2. The van der Waals surface area contributed by atoms with E-state index in [1.165, 1.54) is 0 Å². The van der Waals surface area contributed by atoms with Gasteiger partial charge in [-0.05, 0) is 32.0 Å². The van der Waals surface area contributed by atoms with Gasteiger partial charge in [-0.2, -0.15) is 0 Å². The number of aromatic nitrogens is 4. The molecule has 0 radical (unpaired) electrons. The number of imidazole rings is 1. The van der Waals surface area contributed by atoms with Gasteiger partial charge in [0.2, 0.25) is 0 Å². The van der Waals surface area contributed by atoms with Gasteiger partial charge < -0.3 is 20.3 Å². The second kappa shape index (κ2) is 6.83. The number of para-hydroxylation sites is 2. The molecule has 0 spiro atoms. The third-order valence-corrected chi connectivity index (χ3v) is 5.53. The quantitative estimate of drug-likeness (QED) is 0.428. The lowest BCUT2D eigenvalue weighted by Gasteiger charge is -2.07. The predicted molar refractivity (Wildman–Crippen MR) is 118 cm³/mol. The molecule has 0 bridgehead atoms. The van der Waals surface area contributed by atoms with Crippen LogP contribution >= 0.6 is 0 Å². The molecule has 0 aliphatic heterocycles. The van der Waals surface area contributed by atoms with Gasteiger partial charge in [0.1, 0.15) is 0 Å². The lowest BCUT2D eigenvalue weighted by molar-refractivity contribution is 0.671. The van der Waals surface area contributed by atoms with Gasteiger partial charge in [0.15, 0.2) is 0 Å². The van der Waals surface area contributed by atoms with Crippen molar-refractivity contribution in [3.63, 3.8) is 0 Å². The Hall–Kier alpha value is -3.51. The monoisotopic (exact) mass is 385 g/mol. The van der Waals surface area contributed by atoms with Crippen LogP contribution in [0.3, 0.4) is 0 Å². The Kier molecular flexibility index (Phi) is 4.14. The van der Waals surface area contributed by atoms with Crippen molar-refractivity contribution in [2.24, 2.45) is 5.73 Å². The predicted octanol–water partition coefficient (Wildman–Crippen LogP) is 3.93. The number of rotatable bonds is 5. The Bertz CT molecular complexity index is 1380. The van der Waals surface area contributed by atoms with Crippen molar-refractivity contribution in [1.82, 2.24) is 19.1 Å². The fourth-order valence-electron chi connectivity index (χ4n) is 4.22. The van der Waals surface area contributed by atoms with Gasteiger partial charge in [-0.15, -0.1) is 0 Å². The Labute approximate surface area is 167 Å². The first-order valence-corrected chi connectivity index (χ1v) is 9.85. The fourth-order valence-corrected chi connectivity index (χ4v) is 4.22. The maximum absolute atomic E-state index is 13.0. The zero-order valence-electron chi connectivity index (χ0n) is 16.3. The zero-order valence-corrected chi connectivity index (χ0v) is 16.3. The first kappa shape index (κ1) is 17.6. The standard InChI is InChI=1S/C23H23N5O/c1-15-22(18-14-27(12-6-11-24)20-10-5-3-7-16(18)20)28(23(29)26-15)21-13-25-19-9-4-2-8-17(19)21/h2-5,7-10,13-14,25H,6,11-12,24H2,1H3,(H,26,29). The molecule has 6 heteroatoms. The number of hydrogen-bond donors (Lipinski definition) is 3. The van der Waals surface area contributed by atoms with Crippen LogP contribution in [0.2, 0.25) is 0 Å². The highest BCUT2D eigenvalue weighted by Crippen LogP contribution is 2.34. The summed E-state index contributed by atoms with van der Waals surface area (Å²) in [7, 11) is 0. The molecular formula is C23H23N5O. The average Bonchev–Trinajstić information content (AvgIpc) is 3.39. The SMILES string of the molecule is Cc1[nH]c(=O)n(-c2c[nH]c3ccccc23)c1-c1cn(CCCN)c2ccccc12. The van der Waals surface area contributed by atoms with Gasteiger partial charge in [-0.25, -0.2) is 4.79 Å². The van der Waals surface area contributed by atoms with Crippen molar-refractivity contribution >= 4 is 21.8 Å². The van der Waals surface area contributed by atoms with Crippen LogP contribution in [0.4, 0.5) is 0 Å². The number of benzene rings is 2. The van der Waals surface area contributed by atoms with Crippen molar-refractivity contribution in [2.75, 3.05) is 6.54 Å². The molecule has 0 aliphatic carbocycles. The summed E-state index contributed by atoms with van der Waals surface area (Å²) >= 11 is 0. The molecule has 0 aliphatic rings. The van der Waals surface area contributed by atoms with Crippen LogP contribution in [-0.2, 0) is 6.54 Å². The third kappa shape index (κ3) is 2.72. The molecular weight excluding hydrogens is 362 g/mol. The van der Waals surface area contributed by atoms with Crippen LogP contribution < -0.4 is 11.4 Å². The van der Waals surface area contributed by atoms with Crippen LogP contribution in [-0.4, -0.2) is 25.6 Å². The van der Waals surface area contributed by atoms with Crippen molar-refractivity contribution < 1.29 is 0 Å². The maximum Gasteiger partial charge on any atom is 0.330 e. The first-order valence-electron chi connectivity index (χ1n) is 9.85. The molecule has 0 atom stereocenters. The second-order valence-corrected chi connectivity index (χ2v) is 7.35. The van der Waals surface area contributed by atoms with E-state index in [-0.39, 0.29) is 5.69 Å². The highest BCUT2D eigenvalue weighted by atomic mass is 16.1. The summed E-state index contributed by atoms with van der Waals surface area (Å²) < 4.78 is 4.01. The van der Waals surface area contributed by atoms with Crippen LogP contribution in [0.15, 0.2) is 65.7 Å². The minimum absolute atomic E-state index is 0.138. The normalized spacial score (nSPS) is 11.7. The molecule has 0 saturated heterocycles. The highest BCUT2D eigenvalue weighted by molar-refractivity contribution is 5.97. The number of aromatic amines is 2. The summed E-state index contributed by atoms with van der Waals surface area (Å²) in [6.45, 7) is 3.44. The van der Waals surface area contributed by atoms with Crippen molar-refractivity contribution in [3.8, 4) is 16.9 Å². The third-order valence-electron chi connectivity index (χ3n) is 5.53. The van der Waals surface area contributed by atoms with Crippen LogP contribution in [0.1, 0.15) is 12.1 Å². The molecule has 5 rings (SSSR count). The Morgan fingerprint density at radius 3 is 2.62 bits per heavy atom. The van der Waals surface area contributed by atoms with E-state index >= 15 is 0 Å². The number of hydrogen-bond acceptors (Lipinski definition) is 2. The number of nitrogens with zero attached hydrogens (tertiary/aromatic N) is 2. The molecule has 146 valence electrons. The van der Waals surface area contributed by atoms with Gasteiger partial charge in [0, 0.05) is 52.0 Å². The largest absolute Gasteiger partial charge is 0.359 e. The highest BCUT2D eigenvalue weighted by Gasteiger charge is 2.21. The topological polar surface area (TPSA) is 84.5 Å². The molecule has 4 N–H and O–H groups in total. The van der Waals surface area contributed by atoms with E-state index in [0.717, 1.165) is 57.4 Å². The van der Waals surface area contributed by atoms with Gasteiger partial charge in [-0.1, -0.05) is 36.4 Å². The van der Waals surface area contributed by atoms with E-state index in [1.54, 1.807) is 4.57 Å². The smallest absolute Gasteiger partial charge is 0.330 e. The fraction of sp³-hybridized carbons (Fsp3) is 0.174. The summed E-state index contributed by atoms with van der Waals surface area (Å²) in [6, 6.07) is 16.3. The minimum Gasteiger partial charge on any atom is -0.359 e. The van der Waals surface area contributed by atoms with E-state index < -0.39 is 0 Å². The lowest BCUT2D eigenvalue weighted by Crippen LogP contribution is -2.15. The van der Waals surface area contributed by atoms with E-state index in [9.17, 15) is 4.79 Å². The molecule has 0 saturated carbocycles. The average molecular weight is 385 g/mol. The molecule has 3 heterocycles. The minimum atomic E-state index is -0.138. The van der Waals surface area contributed by atoms with E-state index in [1.807, 2.05) is 49.5 Å². The Morgan fingerprint density at radius 2 is 1.79 bits per heavy atom. The number of H-pyrrole nitrogens is 2. The second-order valence-electron chi connectivity index (χ2n) is 7.35. The summed E-state index contributed by atoms with van der Waals surface area (Å²) in [5.74, 6) is 0. The van der Waals surface area contributed by atoms with Crippen LogP contribution in [0, 0.1) is 6.92 Å². The molecule has 29 heavy (non-hydrogen) atoms. The maximum atomic E-state index is 13.0. The van der Waals surface area contributed by atoms with Crippen molar-refractivity contribution in [3.05, 3.63) is 77.1 Å². The summed E-state index contributed by atoms with van der Waals surface area (Å²) in [6.07, 6.45) is 4.94. The van der Waals surface area contributed by atoms with E-state index in [4.69, 9.17) is 5.73 Å². The number of aryl methyl sites for hydroxylation is 2. The van der Waals surface area contributed by atoms with E-state index in [0.29, 0.717) is 6.54 Å². The van der Waals surface area contributed by atoms with Crippen molar-refractivity contribution in [1.29, 1.82) is 0 Å². The van der Waals surface area contributed by atoms with Gasteiger partial charge in [-0.3, -0.25) is 4.57 Å².